The number of piperidine rings is 1. The summed E-state index contributed by atoms with van der Waals surface area (Å²) >= 11 is 12.1. The topological polar surface area (TPSA) is 91.8 Å². The van der Waals surface area contributed by atoms with Gasteiger partial charge in [0.15, 0.2) is 0 Å². The van der Waals surface area contributed by atoms with Crippen molar-refractivity contribution in [2.75, 3.05) is 19.7 Å². The molecule has 0 radical (unpaired) electrons. The highest BCUT2D eigenvalue weighted by Crippen LogP contribution is 2.39. The van der Waals surface area contributed by atoms with Gasteiger partial charge in [-0.2, -0.15) is 0 Å². The van der Waals surface area contributed by atoms with Crippen LogP contribution in [0.1, 0.15) is 39.1 Å². The Kier molecular flexibility index (Phi) is 7.83. The maximum Gasteiger partial charge on any atom is 0.256 e. The first-order valence-electron chi connectivity index (χ1n) is 12.4. The third-order valence-electron chi connectivity index (χ3n) is 7.09. The summed E-state index contributed by atoms with van der Waals surface area (Å²) in [4.78, 5) is 47.3. The zero-order valence-corrected chi connectivity index (χ0v) is 22.3. The number of likely N-dealkylation sites (tertiary alicyclic amines) is 1. The molecule has 39 heavy (non-hydrogen) atoms. The van der Waals surface area contributed by atoms with Crippen LogP contribution >= 0.6 is 23.2 Å². The standard InChI is InChI=1S/C28H25Cl2FN4O4/c29-22-6-3-20(15-23(22)30)26(37)34-13-9-28(10-14-34)35(27(38)19-1-4-21(31)5-2-19)24(17-39-28)25(36)33-16-18-7-11-32-12-8-18/h1-8,11-12,15,24H,9-10,13-14,16-17H2,(H,33,36). The molecule has 2 aliphatic rings. The van der Waals surface area contributed by atoms with Gasteiger partial charge >= 0.3 is 0 Å². The van der Waals surface area contributed by atoms with Crippen LogP contribution < -0.4 is 5.32 Å². The van der Waals surface area contributed by atoms with Gasteiger partial charge in [0.1, 0.15) is 17.6 Å². The quantitative estimate of drug-likeness (QED) is 0.493. The van der Waals surface area contributed by atoms with E-state index >= 15 is 0 Å². The van der Waals surface area contributed by atoms with Gasteiger partial charge in [0, 0.05) is 56.0 Å². The van der Waals surface area contributed by atoms with Crippen molar-refractivity contribution in [3.8, 4) is 0 Å². The monoisotopic (exact) mass is 570 g/mol. The van der Waals surface area contributed by atoms with Gasteiger partial charge in [0.2, 0.25) is 5.91 Å². The van der Waals surface area contributed by atoms with Crippen molar-refractivity contribution in [2.24, 2.45) is 0 Å². The number of aromatic nitrogens is 1. The van der Waals surface area contributed by atoms with Gasteiger partial charge in [0.05, 0.1) is 16.7 Å². The van der Waals surface area contributed by atoms with E-state index in [1.165, 1.54) is 35.2 Å². The van der Waals surface area contributed by atoms with Gasteiger partial charge in [-0.15, -0.1) is 0 Å². The second-order valence-electron chi connectivity index (χ2n) is 9.45. The Balaban J connectivity index is 1.36. The number of benzene rings is 2. The Morgan fingerprint density at radius 1 is 0.949 bits per heavy atom. The molecular formula is C28H25Cl2FN4O4. The second-order valence-corrected chi connectivity index (χ2v) is 10.3. The fraction of sp³-hybridized carbons (Fsp3) is 0.286. The molecule has 8 nitrogen and oxygen atoms in total. The summed E-state index contributed by atoms with van der Waals surface area (Å²) in [5, 5.41) is 3.52. The Bertz CT molecular complexity index is 1380. The van der Waals surface area contributed by atoms with Crippen LogP contribution in [-0.4, -0.2) is 64.0 Å². The van der Waals surface area contributed by atoms with E-state index in [0.29, 0.717) is 23.4 Å². The third-order valence-corrected chi connectivity index (χ3v) is 7.83. The van der Waals surface area contributed by atoms with Crippen LogP contribution in [0.4, 0.5) is 4.39 Å². The van der Waals surface area contributed by atoms with Crippen LogP contribution in [0, 0.1) is 5.82 Å². The molecule has 1 unspecified atom stereocenters. The lowest BCUT2D eigenvalue weighted by molar-refractivity contribution is -0.128. The molecule has 2 aromatic carbocycles. The van der Waals surface area contributed by atoms with E-state index in [-0.39, 0.29) is 48.6 Å². The third kappa shape index (κ3) is 5.61. The van der Waals surface area contributed by atoms with E-state index in [9.17, 15) is 18.8 Å². The first-order valence-corrected chi connectivity index (χ1v) is 13.2. The molecule has 3 amide bonds. The summed E-state index contributed by atoms with van der Waals surface area (Å²) in [7, 11) is 0. The van der Waals surface area contributed by atoms with E-state index < -0.39 is 23.5 Å². The summed E-state index contributed by atoms with van der Waals surface area (Å²) in [6.07, 6.45) is 3.85. The number of hydrogen-bond donors (Lipinski definition) is 1. The maximum atomic E-state index is 13.8. The summed E-state index contributed by atoms with van der Waals surface area (Å²) < 4.78 is 19.8. The lowest BCUT2D eigenvalue weighted by atomic mass is 9.96. The number of halogens is 3. The van der Waals surface area contributed by atoms with Crippen molar-refractivity contribution >= 4 is 40.9 Å². The molecule has 3 heterocycles. The van der Waals surface area contributed by atoms with Crippen molar-refractivity contribution in [2.45, 2.75) is 31.2 Å². The van der Waals surface area contributed by atoms with Crippen LogP contribution in [0.5, 0.6) is 0 Å². The molecule has 202 valence electrons. The van der Waals surface area contributed by atoms with Crippen LogP contribution in [0.2, 0.25) is 10.0 Å². The largest absolute Gasteiger partial charge is 0.353 e. The first kappa shape index (κ1) is 27.1. The SMILES string of the molecule is O=C(NCc1ccncc1)C1COC2(CCN(C(=O)c3ccc(Cl)c(Cl)c3)CC2)N1C(=O)c1ccc(F)cc1. The number of amides is 3. The molecule has 1 aromatic heterocycles. The first-order chi connectivity index (χ1) is 18.8. The summed E-state index contributed by atoms with van der Waals surface area (Å²) in [6.45, 7) is 0.834. The van der Waals surface area contributed by atoms with E-state index in [1.807, 2.05) is 0 Å². The summed E-state index contributed by atoms with van der Waals surface area (Å²) in [5.74, 6) is -1.50. The number of carbonyl (C=O) groups excluding carboxylic acids is 3. The van der Waals surface area contributed by atoms with Crippen molar-refractivity contribution in [3.63, 3.8) is 0 Å². The number of pyridine rings is 1. The summed E-state index contributed by atoms with van der Waals surface area (Å²) in [5.41, 5.74) is 0.402. The molecule has 0 aliphatic carbocycles. The Hall–Kier alpha value is -3.53. The molecule has 0 bridgehead atoms. The number of carbonyl (C=O) groups is 3. The van der Waals surface area contributed by atoms with Gasteiger partial charge in [0.25, 0.3) is 11.8 Å². The van der Waals surface area contributed by atoms with E-state index in [2.05, 4.69) is 10.3 Å². The minimum Gasteiger partial charge on any atom is -0.353 e. The zero-order valence-electron chi connectivity index (χ0n) is 20.8. The van der Waals surface area contributed by atoms with E-state index in [0.717, 1.165) is 5.56 Å². The summed E-state index contributed by atoms with van der Waals surface area (Å²) in [6, 6.07) is 12.6. The average Bonchev–Trinajstić information content (AvgIpc) is 3.32. The van der Waals surface area contributed by atoms with Crippen molar-refractivity contribution < 1.29 is 23.5 Å². The Morgan fingerprint density at radius 3 is 2.28 bits per heavy atom. The lowest BCUT2D eigenvalue weighted by Crippen LogP contribution is -2.59. The van der Waals surface area contributed by atoms with Crippen LogP contribution in [0.15, 0.2) is 67.0 Å². The van der Waals surface area contributed by atoms with Gasteiger partial charge in [-0.05, 0) is 60.2 Å². The van der Waals surface area contributed by atoms with Gasteiger partial charge in [-0.25, -0.2) is 4.39 Å². The van der Waals surface area contributed by atoms with Crippen molar-refractivity contribution in [1.82, 2.24) is 20.1 Å². The molecule has 2 saturated heterocycles. The van der Waals surface area contributed by atoms with Gasteiger partial charge in [-0.1, -0.05) is 23.2 Å². The molecular weight excluding hydrogens is 546 g/mol. The lowest BCUT2D eigenvalue weighted by Gasteiger charge is -2.44. The molecule has 0 saturated carbocycles. The minimum atomic E-state index is -1.10. The predicted octanol–water partition coefficient (Wildman–Crippen LogP) is 4.32. The van der Waals surface area contributed by atoms with Crippen molar-refractivity contribution in [1.29, 1.82) is 0 Å². The zero-order chi connectivity index (χ0) is 27.6. The van der Waals surface area contributed by atoms with Gasteiger partial charge < -0.3 is 15.0 Å². The number of rotatable bonds is 5. The molecule has 3 aromatic rings. The molecule has 2 fully saturated rings. The highest BCUT2D eigenvalue weighted by atomic mass is 35.5. The molecule has 1 atom stereocenters. The van der Waals surface area contributed by atoms with Crippen LogP contribution in [0.25, 0.3) is 0 Å². The molecule has 2 aliphatic heterocycles. The normalized spacial score (nSPS) is 18.3. The number of nitrogens with one attached hydrogen (secondary N) is 1. The molecule has 11 heteroatoms. The maximum absolute atomic E-state index is 13.8. The predicted molar refractivity (Wildman–Crippen MR) is 143 cm³/mol. The Morgan fingerprint density at radius 2 is 1.62 bits per heavy atom. The molecule has 1 spiro atoms. The molecule has 5 rings (SSSR count). The fourth-order valence-corrected chi connectivity index (χ4v) is 5.28. The fourth-order valence-electron chi connectivity index (χ4n) is 4.98. The van der Waals surface area contributed by atoms with E-state index in [1.54, 1.807) is 41.6 Å². The highest BCUT2D eigenvalue weighted by Gasteiger charge is 2.54. The molecule has 1 N–H and O–H groups in total. The van der Waals surface area contributed by atoms with Crippen LogP contribution in [0.3, 0.4) is 0 Å². The minimum absolute atomic E-state index is 0.00412. The number of ether oxygens (including phenoxy) is 1. The highest BCUT2D eigenvalue weighted by molar-refractivity contribution is 6.42. The second kappa shape index (κ2) is 11.3. The van der Waals surface area contributed by atoms with Gasteiger partial charge in [-0.3, -0.25) is 24.3 Å². The average molecular weight is 571 g/mol. The smallest absolute Gasteiger partial charge is 0.256 e. The van der Waals surface area contributed by atoms with Crippen LogP contribution in [-0.2, 0) is 16.1 Å². The van der Waals surface area contributed by atoms with E-state index in [4.69, 9.17) is 27.9 Å². The number of nitrogens with zero attached hydrogens (tertiary/aromatic N) is 3. The Labute approximate surface area is 234 Å². The number of hydrogen-bond acceptors (Lipinski definition) is 5. The van der Waals surface area contributed by atoms with Crippen molar-refractivity contribution in [3.05, 3.63) is 99.5 Å².